The van der Waals surface area contributed by atoms with Gasteiger partial charge in [0.15, 0.2) is 0 Å². The quantitative estimate of drug-likeness (QED) is 0.732. The highest BCUT2D eigenvalue weighted by Gasteiger charge is 2.19. The summed E-state index contributed by atoms with van der Waals surface area (Å²) in [6.07, 6.45) is 3.52. The van der Waals surface area contributed by atoms with Crippen LogP contribution in [0, 0.1) is 11.3 Å². The van der Waals surface area contributed by atoms with Gasteiger partial charge in [-0.2, -0.15) is 5.26 Å². The minimum atomic E-state index is 0.216. The number of hydrogen-bond donors (Lipinski definition) is 1. The van der Waals surface area contributed by atoms with E-state index < -0.39 is 0 Å². The van der Waals surface area contributed by atoms with Gasteiger partial charge in [0.1, 0.15) is 23.3 Å². The van der Waals surface area contributed by atoms with Gasteiger partial charge in [0.05, 0.1) is 12.8 Å². The predicted molar refractivity (Wildman–Crippen MR) is 54.0 cm³/mol. The zero-order valence-electron chi connectivity index (χ0n) is 8.31. The van der Waals surface area contributed by atoms with Gasteiger partial charge in [-0.25, -0.2) is 9.97 Å². The number of nitriles is 1. The van der Waals surface area contributed by atoms with Gasteiger partial charge in [-0.05, 0) is 12.8 Å². The first-order chi connectivity index (χ1) is 7.31. The van der Waals surface area contributed by atoms with E-state index in [0.29, 0.717) is 18.0 Å². The molecule has 0 bridgehead atoms. The van der Waals surface area contributed by atoms with Gasteiger partial charge >= 0.3 is 0 Å². The second-order valence-electron chi connectivity index (χ2n) is 3.55. The third-order valence-corrected chi connectivity index (χ3v) is 2.48. The van der Waals surface area contributed by atoms with Crippen molar-refractivity contribution in [1.29, 1.82) is 5.26 Å². The van der Waals surface area contributed by atoms with Crippen molar-refractivity contribution in [2.45, 2.75) is 18.8 Å². The monoisotopic (exact) mass is 204 g/mol. The molecule has 5 heteroatoms. The molecule has 1 atom stereocenters. The first-order valence-corrected chi connectivity index (χ1v) is 4.91. The number of rotatable bonds is 1. The Balaban J connectivity index is 2.22. The van der Waals surface area contributed by atoms with E-state index in [0.717, 1.165) is 19.4 Å². The molecule has 0 aliphatic carbocycles. The molecule has 1 aromatic rings. The lowest BCUT2D eigenvalue weighted by molar-refractivity contribution is 0.0781. The van der Waals surface area contributed by atoms with Crippen molar-refractivity contribution in [3.05, 3.63) is 17.6 Å². The number of nitrogens with zero attached hydrogens (tertiary/aromatic N) is 3. The van der Waals surface area contributed by atoms with Crippen molar-refractivity contribution in [1.82, 2.24) is 9.97 Å². The number of ether oxygens (including phenoxy) is 1. The zero-order chi connectivity index (χ0) is 10.7. The summed E-state index contributed by atoms with van der Waals surface area (Å²) in [4.78, 5) is 8.27. The van der Waals surface area contributed by atoms with Gasteiger partial charge in [0.2, 0.25) is 0 Å². The van der Waals surface area contributed by atoms with E-state index in [-0.39, 0.29) is 11.7 Å². The topological polar surface area (TPSA) is 84.8 Å². The molecule has 2 heterocycles. The highest BCUT2D eigenvalue weighted by molar-refractivity contribution is 5.46. The molecule has 1 fully saturated rings. The maximum Gasteiger partial charge on any atom is 0.145 e. The lowest BCUT2D eigenvalue weighted by Gasteiger charge is -2.20. The summed E-state index contributed by atoms with van der Waals surface area (Å²) in [6.45, 7) is 1.45. The summed E-state index contributed by atoms with van der Waals surface area (Å²) >= 11 is 0. The molecule has 1 aliphatic heterocycles. The van der Waals surface area contributed by atoms with Crippen molar-refractivity contribution in [3.8, 4) is 6.07 Å². The van der Waals surface area contributed by atoms with Crippen molar-refractivity contribution in [3.63, 3.8) is 0 Å². The van der Waals surface area contributed by atoms with Crippen LogP contribution in [-0.2, 0) is 4.74 Å². The highest BCUT2D eigenvalue weighted by Crippen LogP contribution is 2.23. The molecule has 1 unspecified atom stereocenters. The Morgan fingerprint density at radius 2 is 2.47 bits per heavy atom. The summed E-state index contributed by atoms with van der Waals surface area (Å²) < 4.78 is 5.35. The Labute approximate surface area is 87.9 Å². The van der Waals surface area contributed by atoms with E-state index in [1.54, 1.807) is 0 Å². The van der Waals surface area contributed by atoms with Crippen molar-refractivity contribution >= 4 is 5.82 Å². The van der Waals surface area contributed by atoms with E-state index in [2.05, 4.69) is 9.97 Å². The fourth-order valence-corrected chi connectivity index (χ4v) is 1.64. The number of aromatic nitrogens is 2. The standard InChI is InChI=1S/C10H12N4O/c11-4-8-5-13-10(14-9(8)12)7-2-1-3-15-6-7/h5,7H,1-3,6H2,(H2,12,13,14). The lowest BCUT2D eigenvalue weighted by Crippen LogP contribution is -2.18. The molecular weight excluding hydrogens is 192 g/mol. The van der Waals surface area contributed by atoms with Crippen LogP contribution in [0.15, 0.2) is 6.20 Å². The maximum atomic E-state index is 8.68. The SMILES string of the molecule is N#Cc1cnc(C2CCCOC2)nc1N. The summed E-state index contributed by atoms with van der Waals surface area (Å²) in [5, 5.41) is 8.68. The van der Waals surface area contributed by atoms with E-state index in [1.807, 2.05) is 6.07 Å². The van der Waals surface area contributed by atoms with Gasteiger partial charge in [-0.3, -0.25) is 0 Å². The number of nitrogens with two attached hydrogens (primary N) is 1. The van der Waals surface area contributed by atoms with Crippen LogP contribution in [0.3, 0.4) is 0 Å². The van der Waals surface area contributed by atoms with Crippen LogP contribution in [-0.4, -0.2) is 23.2 Å². The van der Waals surface area contributed by atoms with E-state index in [9.17, 15) is 0 Å². The Hall–Kier alpha value is -1.67. The minimum absolute atomic E-state index is 0.216. The Bertz CT molecular complexity index is 393. The first kappa shape index (κ1) is 9.87. The molecule has 2 rings (SSSR count). The van der Waals surface area contributed by atoms with Crippen LogP contribution in [0.25, 0.3) is 0 Å². The molecule has 0 amide bonds. The van der Waals surface area contributed by atoms with Crippen molar-refractivity contribution in [2.24, 2.45) is 0 Å². The summed E-state index contributed by atoms with van der Waals surface area (Å²) in [5.41, 5.74) is 5.95. The number of hydrogen-bond acceptors (Lipinski definition) is 5. The van der Waals surface area contributed by atoms with Gasteiger partial charge in [0.25, 0.3) is 0 Å². The second-order valence-corrected chi connectivity index (χ2v) is 3.55. The highest BCUT2D eigenvalue weighted by atomic mass is 16.5. The van der Waals surface area contributed by atoms with Crippen molar-refractivity contribution in [2.75, 3.05) is 18.9 Å². The fourth-order valence-electron chi connectivity index (χ4n) is 1.64. The average molecular weight is 204 g/mol. The van der Waals surface area contributed by atoms with Crippen molar-refractivity contribution < 1.29 is 4.74 Å². The first-order valence-electron chi connectivity index (χ1n) is 4.91. The molecule has 0 saturated carbocycles. The van der Waals surface area contributed by atoms with Gasteiger partial charge in [-0.15, -0.1) is 0 Å². The number of nitrogen functional groups attached to an aromatic ring is 1. The summed E-state index contributed by atoms with van der Waals surface area (Å²) in [6, 6.07) is 1.94. The zero-order valence-corrected chi connectivity index (χ0v) is 8.31. The maximum absolute atomic E-state index is 8.68. The molecule has 78 valence electrons. The number of anilines is 1. The molecule has 15 heavy (non-hydrogen) atoms. The summed E-state index contributed by atoms with van der Waals surface area (Å²) in [5.74, 6) is 1.16. The molecule has 1 aromatic heterocycles. The largest absolute Gasteiger partial charge is 0.382 e. The van der Waals surface area contributed by atoms with Gasteiger partial charge in [-0.1, -0.05) is 0 Å². The Morgan fingerprint density at radius 1 is 1.60 bits per heavy atom. The smallest absolute Gasteiger partial charge is 0.145 e. The summed E-state index contributed by atoms with van der Waals surface area (Å²) in [7, 11) is 0. The molecule has 1 aliphatic rings. The van der Waals surface area contributed by atoms with E-state index in [1.165, 1.54) is 6.20 Å². The minimum Gasteiger partial charge on any atom is -0.382 e. The van der Waals surface area contributed by atoms with Crippen LogP contribution in [0.1, 0.15) is 30.1 Å². The molecule has 2 N–H and O–H groups in total. The Morgan fingerprint density at radius 3 is 3.07 bits per heavy atom. The van der Waals surface area contributed by atoms with Gasteiger partial charge < -0.3 is 10.5 Å². The third-order valence-electron chi connectivity index (χ3n) is 2.48. The van der Waals surface area contributed by atoms with Crippen LogP contribution in [0.4, 0.5) is 5.82 Å². The predicted octanol–water partition coefficient (Wildman–Crippen LogP) is 0.824. The molecule has 0 aromatic carbocycles. The fraction of sp³-hybridized carbons (Fsp3) is 0.500. The average Bonchev–Trinajstić information content (AvgIpc) is 2.30. The third kappa shape index (κ3) is 2.05. The Kier molecular flexibility index (Phi) is 2.79. The molecule has 0 spiro atoms. The van der Waals surface area contributed by atoms with Crippen LogP contribution in [0.5, 0.6) is 0 Å². The molecule has 1 saturated heterocycles. The van der Waals surface area contributed by atoms with Crippen LogP contribution in [0.2, 0.25) is 0 Å². The normalized spacial score (nSPS) is 20.9. The van der Waals surface area contributed by atoms with Crippen LogP contribution < -0.4 is 5.73 Å². The molecule has 5 nitrogen and oxygen atoms in total. The van der Waals surface area contributed by atoms with Crippen LogP contribution >= 0.6 is 0 Å². The lowest BCUT2D eigenvalue weighted by atomic mass is 10.0. The molecule has 0 radical (unpaired) electrons. The van der Waals surface area contributed by atoms with Gasteiger partial charge in [0, 0.05) is 12.5 Å². The molecular formula is C10H12N4O. The van der Waals surface area contributed by atoms with E-state index in [4.69, 9.17) is 15.7 Å². The second kappa shape index (κ2) is 4.24. The van der Waals surface area contributed by atoms with E-state index >= 15 is 0 Å².